The fourth-order valence-corrected chi connectivity index (χ4v) is 2.19. The first-order valence-electron chi connectivity index (χ1n) is 7.48. The Morgan fingerprint density at radius 3 is 2.70 bits per heavy atom. The Bertz CT molecular complexity index is 640. The van der Waals surface area contributed by atoms with Gasteiger partial charge in [-0.3, -0.25) is 9.69 Å². The summed E-state index contributed by atoms with van der Waals surface area (Å²) in [5, 5.41) is 7.38. The number of anilines is 1. The normalized spacial score (nSPS) is 11.2. The molecule has 0 radical (unpaired) electrons. The van der Waals surface area contributed by atoms with Crippen LogP contribution in [0.1, 0.15) is 25.6 Å². The molecular formula is C16H21ClN4O2. The van der Waals surface area contributed by atoms with Crippen molar-refractivity contribution in [3.05, 3.63) is 41.0 Å². The molecule has 7 heteroatoms. The summed E-state index contributed by atoms with van der Waals surface area (Å²) in [5.74, 6) is 1.58. The average molecular weight is 337 g/mol. The molecule has 1 heterocycles. The van der Waals surface area contributed by atoms with Gasteiger partial charge in [0.1, 0.15) is 0 Å². The first-order chi connectivity index (χ1) is 10.9. The van der Waals surface area contributed by atoms with Gasteiger partial charge in [-0.05, 0) is 37.2 Å². The molecule has 1 N–H and O–H groups in total. The van der Waals surface area contributed by atoms with Crippen molar-refractivity contribution >= 4 is 23.2 Å². The molecule has 1 aromatic heterocycles. The van der Waals surface area contributed by atoms with Crippen molar-refractivity contribution in [2.45, 2.75) is 26.8 Å². The Balaban J connectivity index is 1.81. The number of benzene rings is 1. The number of hydrogen-bond acceptors (Lipinski definition) is 5. The summed E-state index contributed by atoms with van der Waals surface area (Å²) in [5.41, 5.74) is 0.713. The van der Waals surface area contributed by atoms with Gasteiger partial charge in [-0.1, -0.05) is 30.6 Å². The third-order valence-electron chi connectivity index (χ3n) is 3.05. The monoisotopic (exact) mass is 336 g/mol. The molecule has 0 bridgehead atoms. The second kappa shape index (κ2) is 8.08. The lowest BCUT2D eigenvalue weighted by atomic mass is 10.1. The second-order valence-corrected chi connectivity index (χ2v) is 6.37. The second-order valence-electron chi connectivity index (χ2n) is 5.93. The van der Waals surface area contributed by atoms with Crippen LogP contribution in [0.3, 0.4) is 0 Å². The molecule has 2 rings (SSSR count). The first-order valence-corrected chi connectivity index (χ1v) is 7.85. The van der Waals surface area contributed by atoms with Crippen molar-refractivity contribution in [1.82, 2.24) is 15.0 Å². The molecule has 0 atom stereocenters. The van der Waals surface area contributed by atoms with Gasteiger partial charge in [0.05, 0.1) is 13.1 Å². The Morgan fingerprint density at radius 1 is 1.35 bits per heavy atom. The Labute approximate surface area is 140 Å². The maximum Gasteiger partial charge on any atom is 0.240 e. The molecular weight excluding hydrogens is 316 g/mol. The molecule has 0 spiro atoms. The molecule has 0 aliphatic carbocycles. The maximum absolute atomic E-state index is 12.0. The Kier molecular flexibility index (Phi) is 6.12. The molecule has 0 unspecified atom stereocenters. The minimum Gasteiger partial charge on any atom is -0.338 e. The van der Waals surface area contributed by atoms with Gasteiger partial charge in [0.2, 0.25) is 11.8 Å². The highest BCUT2D eigenvalue weighted by atomic mass is 35.5. The molecule has 124 valence electrons. The van der Waals surface area contributed by atoms with E-state index in [0.29, 0.717) is 34.9 Å². The summed E-state index contributed by atoms with van der Waals surface area (Å²) in [6.45, 7) is 4.86. The third kappa shape index (κ3) is 6.00. The van der Waals surface area contributed by atoms with Gasteiger partial charge in [0, 0.05) is 17.1 Å². The van der Waals surface area contributed by atoms with Crippen LogP contribution in [0.2, 0.25) is 5.02 Å². The number of rotatable bonds is 7. The van der Waals surface area contributed by atoms with Crippen molar-refractivity contribution in [3.63, 3.8) is 0 Å². The summed E-state index contributed by atoms with van der Waals surface area (Å²) < 4.78 is 5.20. The highest BCUT2D eigenvalue weighted by molar-refractivity contribution is 6.30. The van der Waals surface area contributed by atoms with Crippen molar-refractivity contribution in [2.75, 3.05) is 18.9 Å². The SMILES string of the molecule is CC(C)Cc1noc(CN(C)CC(=O)Nc2ccc(Cl)cc2)n1. The number of likely N-dealkylation sites (N-methyl/N-ethyl adjacent to an activating group) is 1. The fraction of sp³-hybridized carbons (Fsp3) is 0.438. The quantitative estimate of drug-likeness (QED) is 0.841. The lowest BCUT2D eigenvalue weighted by Gasteiger charge is -2.13. The van der Waals surface area contributed by atoms with Gasteiger partial charge in [-0.25, -0.2) is 0 Å². The van der Waals surface area contributed by atoms with Crippen LogP contribution in [0, 0.1) is 5.92 Å². The van der Waals surface area contributed by atoms with E-state index in [2.05, 4.69) is 29.3 Å². The predicted molar refractivity (Wildman–Crippen MR) is 89.3 cm³/mol. The molecule has 0 aliphatic heterocycles. The highest BCUT2D eigenvalue weighted by Gasteiger charge is 2.13. The van der Waals surface area contributed by atoms with Gasteiger partial charge < -0.3 is 9.84 Å². The topological polar surface area (TPSA) is 71.3 Å². The van der Waals surface area contributed by atoms with E-state index in [-0.39, 0.29) is 12.5 Å². The lowest BCUT2D eigenvalue weighted by Crippen LogP contribution is -2.29. The summed E-state index contributed by atoms with van der Waals surface area (Å²) in [7, 11) is 1.83. The molecule has 0 aliphatic rings. The number of hydrogen-bond donors (Lipinski definition) is 1. The van der Waals surface area contributed by atoms with Crippen LogP contribution in [-0.2, 0) is 17.8 Å². The molecule has 0 saturated carbocycles. The molecule has 1 amide bonds. The van der Waals surface area contributed by atoms with Crippen LogP contribution in [0.15, 0.2) is 28.8 Å². The van der Waals surface area contributed by atoms with Crippen LogP contribution in [-0.4, -0.2) is 34.5 Å². The summed E-state index contributed by atoms with van der Waals surface area (Å²) >= 11 is 5.81. The largest absolute Gasteiger partial charge is 0.338 e. The van der Waals surface area contributed by atoms with Crippen LogP contribution >= 0.6 is 11.6 Å². The predicted octanol–water partition coefficient (Wildman–Crippen LogP) is 2.99. The van der Waals surface area contributed by atoms with Crippen LogP contribution < -0.4 is 5.32 Å². The van der Waals surface area contributed by atoms with Gasteiger partial charge >= 0.3 is 0 Å². The van der Waals surface area contributed by atoms with Gasteiger partial charge in [-0.15, -0.1) is 0 Å². The Morgan fingerprint density at radius 2 is 2.04 bits per heavy atom. The lowest BCUT2D eigenvalue weighted by molar-refractivity contribution is -0.117. The number of nitrogens with one attached hydrogen (secondary N) is 1. The van der Waals surface area contributed by atoms with Gasteiger partial charge in [-0.2, -0.15) is 4.98 Å². The van der Waals surface area contributed by atoms with Crippen LogP contribution in [0.5, 0.6) is 0 Å². The summed E-state index contributed by atoms with van der Waals surface area (Å²) in [6.07, 6.45) is 0.782. The zero-order valence-electron chi connectivity index (χ0n) is 13.5. The number of aromatic nitrogens is 2. The van der Waals surface area contributed by atoms with Crippen molar-refractivity contribution in [2.24, 2.45) is 5.92 Å². The van der Waals surface area contributed by atoms with E-state index in [1.165, 1.54) is 0 Å². The van der Waals surface area contributed by atoms with Crippen molar-refractivity contribution in [1.29, 1.82) is 0 Å². The van der Waals surface area contributed by atoms with E-state index in [1.807, 2.05) is 11.9 Å². The molecule has 1 aromatic carbocycles. The molecule has 0 fully saturated rings. The zero-order chi connectivity index (χ0) is 16.8. The number of carbonyl (C=O) groups is 1. The van der Waals surface area contributed by atoms with E-state index in [4.69, 9.17) is 16.1 Å². The van der Waals surface area contributed by atoms with Gasteiger partial charge in [0.15, 0.2) is 5.82 Å². The van der Waals surface area contributed by atoms with Crippen molar-refractivity contribution in [3.8, 4) is 0 Å². The highest BCUT2D eigenvalue weighted by Crippen LogP contribution is 2.13. The molecule has 23 heavy (non-hydrogen) atoms. The van der Waals surface area contributed by atoms with E-state index >= 15 is 0 Å². The number of halogens is 1. The number of amides is 1. The maximum atomic E-state index is 12.0. The molecule has 6 nitrogen and oxygen atoms in total. The summed E-state index contributed by atoms with van der Waals surface area (Å²) in [6, 6.07) is 6.98. The first kappa shape index (κ1) is 17.4. The van der Waals surface area contributed by atoms with Crippen LogP contribution in [0.25, 0.3) is 0 Å². The zero-order valence-corrected chi connectivity index (χ0v) is 14.3. The standard InChI is InChI=1S/C16H21ClN4O2/c1-11(2)8-14-19-16(23-20-14)10-21(3)9-15(22)18-13-6-4-12(17)5-7-13/h4-7,11H,8-10H2,1-3H3,(H,18,22). The van der Waals surface area contributed by atoms with E-state index in [1.54, 1.807) is 24.3 Å². The smallest absolute Gasteiger partial charge is 0.240 e. The van der Waals surface area contributed by atoms with E-state index < -0.39 is 0 Å². The minimum absolute atomic E-state index is 0.114. The van der Waals surface area contributed by atoms with Crippen molar-refractivity contribution < 1.29 is 9.32 Å². The average Bonchev–Trinajstić information content (AvgIpc) is 2.87. The summed E-state index contributed by atoms with van der Waals surface area (Å²) in [4.78, 5) is 18.1. The number of nitrogens with zero attached hydrogens (tertiary/aromatic N) is 3. The molecule has 0 saturated heterocycles. The minimum atomic E-state index is -0.114. The van der Waals surface area contributed by atoms with Crippen LogP contribution in [0.4, 0.5) is 5.69 Å². The number of carbonyl (C=O) groups excluding carboxylic acids is 1. The van der Waals surface area contributed by atoms with E-state index in [9.17, 15) is 4.79 Å². The fourth-order valence-electron chi connectivity index (χ4n) is 2.07. The van der Waals surface area contributed by atoms with Gasteiger partial charge in [0.25, 0.3) is 0 Å². The molecule has 2 aromatic rings. The Hall–Kier alpha value is -1.92. The third-order valence-corrected chi connectivity index (χ3v) is 3.30. The van der Waals surface area contributed by atoms with E-state index in [0.717, 1.165) is 6.42 Å².